The van der Waals surface area contributed by atoms with E-state index >= 15 is 0 Å². The van der Waals surface area contributed by atoms with Crippen molar-refractivity contribution in [1.82, 2.24) is 4.90 Å². The van der Waals surface area contributed by atoms with Gasteiger partial charge in [-0.15, -0.1) is 0 Å². The van der Waals surface area contributed by atoms with E-state index in [9.17, 15) is 4.79 Å². The Bertz CT molecular complexity index is 328. The average molecular weight is 295 g/mol. The molecule has 4 heteroatoms. The van der Waals surface area contributed by atoms with Gasteiger partial charge in [-0.2, -0.15) is 0 Å². The number of morpholine rings is 1. The zero-order valence-electron chi connectivity index (χ0n) is 13.3. The van der Waals surface area contributed by atoms with Crippen molar-refractivity contribution in [1.29, 1.82) is 0 Å². The molecule has 0 spiro atoms. The molecular weight excluding hydrogens is 264 g/mol. The lowest BCUT2D eigenvalue weighted by molar-refractivity contribution is -0.909. The summed E-state index contributed by atoms with van der Waals surface area (Å²) in [5.41, 5.74) is 0. The summed E-state index contributed by atoms with van der Waals surface area (Å²) in [5.74, 6) is 1.65. The number of likely N-dealkylation sites (tertiary alicyclic amines) is 1. The van der Waals surface area contributed by atoms with Crippen molar-refractivity contribution < 1.29 is 14.4 Å². The molecule has 1 N–H and O–H groups in total. The molecule has 3 fully saturated rings. The van der Waals surface area contributed by atoms with Gasteiger partial charge in [0.15, 0.2) is 0 Å². The van der Waals surface area contributed by atoms with Gasteiger partial charge in [-0.05, 0) is 12.8 Å². The molecule has 1 aliphatic carbocycles. The first-order chi connectivity index (χ1) is 10.3. The second-order valence-corrected chi connectivity index (χ2v) is 7.17. The molecule has 0 atom stereocenters. The molecule has 120 valence electrons. The van der Waals surface area contributed by atoms with Gasteiger partial charge >= 0.3 is 0 Å². The van der Waals surface area contributed by atoms with Crippen LogP contribution in [-0.2, 0) is 9.53 Å². The van der Waals surface area contributed by atoms with E-state index in [-0.39, 0.29) is 0 Å². The number of amides is 1. The molecule has 0 aromatic carbocycles. The Labute approximate surface area is 128 Å². The van der Waals surface area contributed by atoms with Gasteiger partial charge in [-0.1, -0.05) is 19.3 Å². The number of hydrogen-bond acceptors (Lipinski definition) is 2. The maximum atomic E-state index is 12.5. The number of carbonyl (C=O) groups is 1. The normalized spacial score (nSPS) is 32.1. The average Bonchev–Trinajstić information content (AvgIpc) is 2.57. The summed E-state index contributed by atoms with van der Waals surface area (Å²) in [6.45, 7) is 6.81. The Morgan fingerprint density at radius 2 is 1.67 bits per heavy atom. The quantitative estimate of drug-likeness (QED) is 0.832. The van der Waals surface area contributed by atoms with Crippen LogP contribution in [0.3, 0.4) is 0 Å². The minimum Gasteiger partial charge on any atom is -0.378 e. The molecule has 0 aromatic heterocycles. The van der Waals surface area contributed by atoms with E-state index in [1.54, 1.807) is 4.90 Å². The predicted octanol–water partition coefficient (Wildman–Crippen LogP) is 0.720. The molecule has 2 saturated heterocycles. The summed E-state index contributed by atoms with van der Waals surface area (Å²) in [6, 6.07) is 0. The number of piperidine rings is 1. The number of nitrogens with one attached hydrogen (secondary N) is 1. The van der Waals surface area contributed by atoms with Crippen LogP contribution in [0.5, 0.6) is 0 Å². The summed E-state index contributed by atoms with van der Waals surface area (Å²) in [4.78, 5) is 16.3. The van der Waals surface area contributed by atoms with Gasteiger partial charge in [-0.3, -0.25) is 4.79 Å². The Hall–Kier alpha value is -0.610. The van der Waals surface area contributed by atoms with Gasteiger partial charge in [0.25, 0.3) is 0 Å². The van der Waals surface area contributed by atoms with Crippen molar-refractivity contribution in [3.63, 3.8) is 0 Å². The molecular formula is C17H31N2O2+. The molecule has 4 nitrogen and oxygen atoms in total. The highest BCUT2D eigenvalue weighted by atomic mass is 16.5. The van der Waals surface area contributed by atoms with Gasteiger partial charge in [0.05, 0.1) is 32.8 Å². The van der Waals surface area contributed by atoms with E-state index in [0.717, 1.165) is 45.1 Å². The Morgan fingerprint density at radius 1 is 1.00 bits per heavy atom. The van der Waals surface area contributed by atoms with Gasteiger partial charge < -0.3 is 14.5 Å². The molecule has 0 bridgehead atoms. The molecule has 1 saturated carbocycles. The van der Waals surface area contributed by atoms with E-state index in [0.29, 0.717) is 11.8 Å². The highest BCUT2D eigenvalue weighted by Gasteiger charge is 2.32. The summed E-state index contributed by atoms with van der Waals surface area (Å²) in [5, 5.41) is 0. The Morgan fingerprint density at radius 3 is 2.33 bits per heavy atom. The fourth-order valence-electron chi connectivity index (χ4n) is 4.32. The number of rotatable bonds is 3. The Kier molecular flexibility index (Phi) is 5.53. The van der Waals surface area contributed by atoms with Crippen LogP contribution in [0.1, 0.15) is 44.9 Å². The molecule has 0 radical (unpaired) electrons. The fraction of sp³-hybridized carbons (Fsp3) is 0.941. The van der Waals surface area contributed by atoms with Crippen LogP contribution in [0.25, 0.3) is 0 Å². The second kappa shape index (κ2) is 7.59. The maximum absolute atomic E-state index is 12.5. The minimum absolute atomic E-state index is 0.290. The van der Waals surface area contributed by atoms with Crippen molar-refractivity contribution in [3.8, 4) is 0 Å². The lowest BCUT2D eigenvalue weighted by atomic mass is 9.87. The first-order valence-electron chi connectivity index (χ1n) is 9.03. The number of nitrogens with zero attached hydrogens (tertiary/aromatic N) is 1. The largest absolute Gasteiger partial charge is 0.378 e. The maximum Gasteiger partial charge on any atom is 0.226 e. The third-order valence-electron chi connectivity index (χ3n) is 5.67. The summed E-state index contributed by atoms with van der Waals surface area (Å²) < 4.78 is 5.34. The van der Waals surface area contributed by atoms with Gasteiger partial charge in [0.2, 0.25) is 5.91 Å². The van der Waals surface area contributed by atoms with Crippen LogP contribution >= 0.6 is 0 Å². The molecule has 2 heterocycles. The van der Waals surface area contributed by atoms with Crippen LogP contribution in [0.2, 0.25) is 0 Å². The van der Waals surface area contributed by atoms with Crippen LogP contribution in [-0.4, -0.2) is 56.7 Å². The lowest BCUT2D eigenvalue weighted by Crippen LogP contribution is -3.13. The van der Waals surface area contributed by atoms with Crippen molar-refractivity contribution in [2.75, 3.05) is 45.9 Å². The van der Waals surface area contributed by atoms with Crippen molar-refractivity contribution in [2.45, 2.75) is 44.9 Å². The third-order valence-corrected chi connectivity index (χ3v) is 5.67. The lowest BCUT2D eigenvalue weighted by Gasteiger charge is -2.35. The van der Waals surface area contributed by atoms with Crippen molar-refractivity contribution in [3.05, 3.63) is 0 Å². The Balaban J connectivity index is 1.40. The van der Waals surface area contributed by atoms with E-state index in [1.807, 2.05) is 4.90 Å². The van der Waals surface area contributed by atoms with Crippen LogP contribution < -0.4 is 4.90 Å². The minimum atomic E-state index is 0.290. The zero-order valence-corrected chi connectivity index (χ0v) is 13.3. The molecule has 3 aliphatic rings. The van der Waals surface area contributed by atoms with E-state index in [2.05, 4.69) is 0 Å². The zero-order chi connectivity index (χ0) is 14.5. The van der Waals surface area contributed by atoms with Gasteiger partial charge in [-0.25, -0.2) is 0 Å². The third kappa shape index (κ3) is 4.19. The summed E-state index contributed by atoms with van der Waals surface area (Å²) in [7, 11) is 0. The van der Waals surface area contributed by atoms with Crippen LogP contribution in [0.4, 0.5) is 0 Å². The van der Waals surface area contributed by atoms with Crippen molar-refractivity contribution >= 4 is 5.91 Å². The number of hydrogen-bond donors (Lipinski definition) is 1. The number of ether oxygens (including phenoxy) is 1. The van der Waals surface area contributed by atoms with Crippen LogP contribution in [0, 0.1) is 11.8 Å². The highest BCUT2D eigenvalue weighted by Crippen LogP contribution is 2.22. The molecule has 0 unspecified atom stereocenters. The molecule has 3 rings (SSSR count). The van der Waals surface area contributed by atoms with E-state index in [1.165, 1.54) is 51.7 Å². The van der Waals surface area contributed by atoms with Crippen molar-refractivity contribution in [2.24, 2.45) is 11.8 Å². The first-order valence-corrected chi connectivity index (χ1v) is 9.03. The molecule has 21 heavy (non-hydrogen) atoms. The fourth-order valence-corrected chi connectivity index (χ4v) is 4.32. The topological polar surface area (TPSA) is 34.0 Å². The first kappa shape index (κ1) is 15.3. The highest BCUT2D eigenvalue weighted by molar-refractivity contribution is 5.79. The van der Waals surface area contributed by atoms with Gasteiger partial charge in [0.1, 0.15) is 0 Å². The second-order valence-electron chi connectivity index (χ2n) is 7.17. The van der Waals surface area contributed by atoms with Crippen LogP contribution in [0.15, 0.2) is 0 Å². The van der Waals surface area contributed by atoms with E-state index < -0.39 is 0 Å². The van der Waals surface area contributed by atoms with Gasteiger partial charge in [0, 0.05) is 37.8 Å². The summed E-state index contributed by atoms with van der Waals surface area (Å²) >= 11 is 0. The monoisotopic (exact) mass is 295 g/mol. The molecule has 2 aliphatic heterocycles. The van der Waals surface area contributed by atoms with E-state index in [4.69, 9.17) is 4.74 Å². The smallest absolute Gasteiger partial charge is 0.226 e. The SMILES string of the molecule is O=C(C1CC[NH+](CC2CCCCC2)CC1)N1CCOCC1. The number of carbonyl (C=O) groups excluding carboxylic acids is 1. The molecule has 0 aromatic rings. The summed E-state index contributed by atoms with van der Waals surface area (Å²) in [6.07, 6.45) is 9.41. The predicted molar refractivity (Wildman–Crippen MR) is 82.3 cm³/mol. The number of quaternary nitrogens is 1. The molecule has 1 amide bonds. The standard InChI is InChI=1S/C17H30N2O2/c20-17(19-10-12-21-13-11-19)16-6-8-18(9-7-16)14-15-4-2-1-3-5-15/h15-16H,1-14H2/p+1.